The lowest BCUT2D eigenvalue weighted by Crippen LogP contribution is -2.42. The minimum Gasteiger partial charge on any atom is -0.379 e. The molecule has 2 N–H and O–H groups in total. The fraction of sp³-hybridized carbons (Fsp3) is 0.737. The summed E-state index contributed by atoms with van der Waals surface area (Å²) in [4.78, 5) is 14.0. The van der Waals surface area contributed by atoms with E-state index in [2.05, 4.69) is 45.3 Å². The van der Waals surface area contributed by atoms with Crippen LogP contribution < -0.4 is 15.5 Å². The van der Waals surface area contributed by atoms with Crippen molar-refractivity contribution in [3.8, 4) is 0 Å². The lowest BCUT2D eigenvalue weighted by molar-refractivity contribution is 0.0389. The molecule has 0 bridgehead atoms. The van der Waals surface area contributed by atoms with Crippen molar-refractivity contribution in [2.24, 2.45) is 11.8 Å². The second kappa shape index (κ2) is 9.61. The van der Waals surface area contributed by atoms with Crippen molar-refractivity contribution in [2.45, 2.75) is 27.2 Å². The first-order valence-corrected chi connectivity index (χ1v) is 10.4. The molecule has 1 aromatic rings. The molecule has 150 valence electrons. The molecule has 7 nitrogen and oxygen atoms in total. The van der Waals surface area contributed by atoms with Crippen LogP contribution >= 0.6 is 12.2 Å². The van der Waals surface area contributed by atoms with Crippen molar-refractivity contribution in [1.29, 1.82) is 0 Å². The number of nitrogens with one attached hydrogen (secondary N) is 2. The van der Waals surface area contributed by atoms with Gasteiger partial charge in [0.2, 0.25) is 5.95 Å². The molecule has 0 saturated carbocycles. The summed E-state index contributed by atoms with van der Waals surface area (Å²) < 4.78 is 5.37. The number of rotatable bonds is 5. The van der Waals surface area contributed by atoms with E-state index in [1.807, 2.05) is 6.92 Å². The number of thiocarbonyl (C=S) groups is 1. The van der Waals surface area contributed by atoms with Crippen LogP contribution in [-0.2, 0) is 4.74 Å². The van der Waals surface area contributed by atoms with Crippen LogP contribution in [0.1, 0.15) is 26.0 Å². The third-order valence-corrected chi connectivity index (χ3v) is 5.32. The number of piperidine rings is 1. The Bertz CT molecular complexity index is 627. The summed E-state index contributed by atoms with van der Waals surface area (Å²) in [6.07, 6.45) is 1.28. The Kier molecular flexibility index (Phi) is 7.20. The van der Waals surface area contributed by atoms with Crippen LogP contribution in [0, 0.1) is 18.8 Å². The molecule has 0 aliphatic carbocycles. The van der Waals surface area contributed by atoms with Gasteiger partial charge in [-0.15, -0.1) is 0 Å². The average Bonchev–Trinajstić information content (AvgIpc) is 2.61. The van der Waals surface area contributed by atoms with E-state index in [1.165, 1.54) is 6.42 Å². The second-order valence-corrected chi connectivity index (χ2v) is 8.29. The van der Waals surface area contributed by atoms with Gasteiger partial charge in [0.25, 0.3) is 0 Å². The summed E-state index contributed by atoms with van der Waals surface area (Å²) in [5, 5.41) is 6.98. The number of aromatic nitrogens is 2. The minimum atomic E-state index is 0.569. The van der Waals surface area contributed by atoms with Gasteiger partial charge < -0.3 is 20.3 Å². The van der Waals surface area contributed by atoms with Crippen molar-refractivity contribution >= 4 is 29.1 Å². The van der Waals surface area contributed by atoms with Crippen LogP contribution in [0.2, 0.25) is 0 Å². The molecule has 1 aromatic heterocycles. The first-order valence-electron chi connectivity index (χ1n) is 9.95. The van der Waals surface area contributed by atoms with Gasteiger partial charge in [0, 0.05) is 51.0 Å². The molecule has 0 spiro atoms. The second-order valence-electron chi connectivity index (χ2n) is 7.88. The Labute approximate surface area is 167 Å². The van der Waals surface area contributed by atoms with E-state index in [-0.39, 0.29) is 0 Å². The van der Waals surface area contributed by atoms with Crippen molar-refractivity contribution in [3.05, 3.63) is 11.8 Å². The lowest BCUT2D eigenvalue weighted by atomic mass is 9.92. The molecule has 0 aromatic carbocycles. The van der Waals surface area contributed by atoms with Gasteiger partial charge in [0.15, 0.2) is 5.11 Å². The van der Waals surface area contributed by atoms with Gasteiger partial charge in [-0.25, -0.2) is 4.98 Å². The summed E-state index contributed by atoms with van der Waals surface area (Å²) in [7, 11) is 0. The van der Waals surface area contributed by atoms with Crippen molar-refractivity contribution in [3.63, 3.8) is 0 Å². The fourth-order valence-corrected chi connectivity index (χ4v) is 4.11. The number of aryl methyl sites for hydroxylation is 1. The van der Waals surface area contributed by atoms with E-state index in [4.69, 9.17) is 21.9 Å². The highest BCUT2D eigenvalue weighted by Crippen LogP contribution is 2.25. The third-order valence-electron chi connectivity index (χ3n) is 5.08. The number of morpholine rings is 1. The fourth-order valence-electron chi connectivity index (χ4n) is 3.92. The summed E-state index contributed by atoms with van der Waals surface area (Å²) in [5.74, 6) is 2.92. The Morgan fingerprint density at radius 3 is 2.63 bits per heavy atom. The number of hydrogen-bond donors (Lipinski definition) is 2. The highest BCUT2D eigenvalue weighted by molar-refractivity contribution is 7.80. The molecular weight excluding hydrogens is 360 g/mol. The monoisotopic (exact) mass is 392 g/mol. The molecular formula is C19H32N6OS. The lowest BCUT2D eigenvalue weighted by Gasteiger charge is -2.36. The first-order chi connectivity index (χ1) is 13.0. The molecule has 2 aliphatic heterocycles. The maximum Gasteiger partial charge on any atom is 0.231 e. The summed E-state index contributed by atoms with van der Waals surface area (Å²) in [6, 6.07) is 2.06. The van der Waals surface area contributed by atoms with Crippen molar-refractivity contribution < 1.29 is 4.74 Å². The van der Waals surface area contributed by atoms with Gasteiger partial charge in [0.05, 0.1) is 13.2 Å². The van der Waals surface area contributed by atoms with Gasteiger partial charge in [0.1, 0.15) is 5.82 Å². The summed E-state index contributed by atoms with van der Waals surface area (Å²) in [5.41, 5.74) is 0.949. The Balaban J connectivity index is 1.53. The average molecular weight is 393 g/mol. The smallest absolute Gasteiger partial charge is 0.231 e. The Morgan fingerprint density at radius 1 is 1.22 bits per heavy atom. The van der Waals surface area contributed by atoms with E-state index in [9.17, 15) is 0 Å². The van der Waals surface area contributed by atoms with Crippen LogP contribution in [-0.4, -0.2) is 72.5 Å². The Morgan fingerprint density at radius 2 is 1.93 bits per heavy atom. The van der Waals surface area contributed by atoms with Gasteiger partial charge >= 0.3 is 0 Å². The number of nitrogens with zero attached hydrogens (tertiary/aromatic N) is 4. The number of ether oxygens (including phenoxy) is 1. The van der Waals surface area contributed by atoms with Gasteiger partial charge in [-0.05, 0) is 37.4 Å². The van der Waals surface area contributed by atoms with Crippen molar-refractivity contribution in [2.75, 3.05) is 62.7 Å². The molecule has 0 radical (unpaired) electrons. The normalized spacial score (nSPS) is 23.9. The van der Waals surface area contributed by atoms with Crippen LogP contribution in [0.3, 0.4) is 0 Å². The summed E-state index contributed by atoms with van der Waals surface area (Å²) in [6.45, 7) is 14.1. The molecule has 3 rings (SSSR count). The quantitative estimate of drug-likeness (QED) is 0.737. The van der Waals surface area contributed by atoms with E-state index >= 15 is 0 Å². The predicted octanol–water partition coefficient (Wildman–Crippen LogP) is 1.89. The largest absolute Gasteiger partial charge is 0.379 e. The molecule has 3 heterocycles. The SMILES string of the molecule is Cc1cc(N2CC(C)CC(C)C2)nc(NC(=S)NCCN2CCOCC2)n1. The van der Waals surface area contributed by atoms with Gasteiger partial charge in [-0.1, -0.05) is 13.8 Å². The number of hydrogen-bond acceptors (Lipinski definition) is 6. The van der Waals surface area contributed by atoms with Crippen LogP contribution in [0.25, 0.3) is 0 Å². The molecule has 0 amide bonds. The topological polar surface area (TPSA) is 65.6 Å². The van der Waals surface area contributed by atoms with Crippen molar-refractivity contribution in [1.82, 2.24) is 20.2 Å². The zero-order valence-corrected chi connectivity index (χ0v) is 17.5. The zero-order chi connectivity index (χ0) is 19.2. The van der Waals surface area contributed by atoms with E-state index in [0.29, 0.717) is 22.9 Å². The van der Waals surface area contributed by atoms with E-state index in [1.54, 1.807) is 0 Å². The first kappa shape index (κ1) is 20.2. The van der Waals surface area contributed by atoms with Crippen LogP contribution in [0.15, 0.2) is 6.07 Å². The molecule has 2 fully saturated rings. The van der Waals surface area contributed by atoms with Crippen LogP contribution in [0.5, 0.6) is 0 Å². The van der Waals surface area contributed by atoms with Crippen LogP contribution in [0.4, 0.5) is 11.8 Å². The molecule has 2 atom stereocenters. The van der Waals surface area contributed by atoms with E-state index < -0.39 is 0 Å². The molecule has 2 aliphatic rings. The predicted molar refractivity (Wildman–Crippen MR) is 113 cm³/mol. The molecule has 8 heteroatoms. The minimum absolute atomic E-state index is 0.569. The Hall–Kier alpha value is -1.51. The van der Waals surface area contributed by atoms with E-state index in [0.717, 1.165) is 64.0 Å². The molecule has 2 unspecified atom stereocenters. The molecule has 2 saturated heterocycles. The zero-order valence-electron chi connectivity index (χ0n) is 16.7. The molecule has 27 heavy (non-hydrogen) atoms. The highest BCUT2D eigenvalue weighted by atomic mass is 32.1. The highest BCUT2D eigenvalue weighted by Gasteiger charge is 2.23. The maximum atomic E-state index is 5.42. The number of anilines is 2. The standard InChI is InChI=1S/C19H32N6OS/c1-14-10-15(2)13-25(12-14)17-11-16(3)21-18(22-17)23-19(27)20-4-5-24-6-8-26-9-7-24/h11,14-15H,4-10,12-13H2,1-3H3,(H2,20,21,22,23,27). The summed E-state index contributed by atoms with van der Waals surface area (Å²) >= 11 is 5.42. The third kappa shape index (κ3) is 6.26. The maximum absolute atomic E-state index is 5.42. The van der Waals surface area contributed by atoms with Gasteiger partial charge in [-0.3, -0.25) is 4.90 Å². The van der Waals surface area contributed by atoms with Gasteiger partial charge in [-0.2, -0.15) is 4.98 Å².